The molecule has 0 bridgehead atoms. The van der Waals surface area contributed by atoms with E-state index < -0.39 is 15.9 Å². The minimum atomic E-state index is -3.26. The van der Waals surface area contributed by atoms with Crippen molar-refractivity contribution in [3.8, 4) is 0 Å². The Hall–Kier alpha value is -1.56. The lowest BCUT2D eigenvalue weighted by atomic mass is 10.0. The van der Waals surface area contributed by atoms with Crippen LogP contribution in [0, 0.1) is 4.91 Å². The van der Waals surface area contributed by atoms with E-state index >= 15 is 0 Å². The van der Waals surface area contributed by atoms with Gasteiger partial charge in [0.05, 0.1) is 5.56 Å². The lowest BCUT2D eigenvalue weighted by molar-refractivity contribution is -0.480. The molecule has 17 heavy (non-hydrogen) atoms. The van der Waals surface area contributed by atoms with E-state index in [0.717, 1.165) is 11.8 Å². The maximum absolute atomic E-state index is 11.9. The van der Waals surface area contributed by atoms with E-state index in [4.69, 9.17) is 0 Å². The third-order valence-corrected chi connectivity index (χ3v) is 3.42. The predicted octanol–water partition coefficient (Wildman–Crippen LogP) is 1.61. The van der Waals surface area contributed by atoms with Crippen molar-refractivity contribution in [2.45, 2.75) is 13.0 Å². The summed E-state index contributed by atoms with van der Waals surface area (Å²) in [4.78, 5) is 16.0. The Bertz CT molecular complexity index is 605. The smallest absolute Gasteiger partial charge is 0.228 e. The fourth-order valence-electron chi connectivity index (χ4n) is 1.81. The van der Waals surface area contributed by atoms with Crippen molar-refractivity contribution >= 4 is 21.4 Å². The SMILES string of the molecule is CC1c2ccccc2N=C(CS(C)(=O)=O)[N+]1=O. The second-order valence-electron chi connectivity index (χ2n) is 4.16. The molecular weight excluding hydrogens is 240 g/mol. The lowest BCUT2D eigenvalue weighted by Crippen LogP contribution is -2.30. The number of sulfone groups is 1. The Balaban J connectivity index is 2.49. The number of para-hydroxylation sites is 1. The summed E-state index contributed by atoms with van der Waals surface area (Å²) in [5.74, 6) is -0.270. The molecule has 0 fully saturated rings. The molecule has 0 aliphatic carbocycles. The van der Waals surface area contributed by atoms with Crippen LogP contribution in [0.15, 0.2) is 29.3 Å². The van der Waals surface area contributed by atoms with Crippen molar-refractivity contribution in [3.63, 3.8) is 0 Å². The van der Waals surface area contributed by atoms with Gasteiger partial charge in [-0.05, 0) is 22.7 Å². The fourth-order valence-corrected chi connectivity index (χ4v) is 2.47. The first-order chi connectivity index (χ1) is 7.88. The van der Waals surface area contributed by atoms with Crippen LogP contribution in [0.3, 0.4) is 0 Å². The highest BCUT2D eigenvalue weighted by atomic mass is 32.2. The summed E-state index contributed by atoms with van der Waals surface area (Å²) < 4.78 is 23.1. The fraction of sp³-hybridized carbons (Fsp3) is 0.364. The van der Waals surface area contributed by atoms with Gasteiger partial charge in [-0.1, -0.05) is 23.1 Å². The third kappa shape index (κ3) is 2.41. The van der Waals surface area contributed by atoms with Crippen molar-refractivity contribution in [3.05, 3.63) is 34.7 Å². The largest absolute Gasteiger partial charge is 0.352 e. The van der Waals surface area contributed by atoms with Gasteiger partial charge in [0.15, 0.2) is 27.3 Å². The van der Waals surface area contributed by atoms with Crippen molar-refractivity contribution < 1.29 is 13.2 Å². The average molecular weight is 253 g/mol. The van der Waals surface area contributed by atoms with Gasteiger partial charge in [0.25, 0.3) is 0 Å². The molecule has 90 valence electrons. The molecule has 0 spiro atoms. The number of hydrogen-bond donors (Lipinski definition) is 0. The zero-order valence-electron chi connectivity index (χ0n) is 9.62. The highest BCUT2D eigenvalue weighted by Gasteiger charge is 2.36. The molecule has 0 saturated heterocycles. The Morgan fingerprint density at radius 3 is 2.65 bits per heavy atom. The molecule has 0 saturated carbocycles. The van der Waals surface area contributed by atoms with Crippen molar-refractivity contribution in [1.82, 2.24) is 0 Å². The molecule has 5 nitrogen and oxygen atoms in total. The maximum Gasteiger partial charge on any atom is 0.352 e. The maximum atomic E-state index is 11.9. The van der Waals surface area contributed by atoms with Gasteiger partial charge in [0.1, 0.15) is 0 Å². The van der Waals surface area contributed by atoms with E-state index in [2.05, 4.69) is 4.99 Å². The number of benzene rings is 1. The van der Waals surface area contributed by atoms with Gasteiger partial charge in [-0.25, -0.2) is 8.42 Å². The average Bonchev–Trinajstić information content (AvgIpc) is 2.24. The van der Waals surface area contributed by atoms with E-state index in [9.17, 15) is 13.3 Å². The van der Waals surface area contributed by atoms with Crippen LogP contribution in [0.2, 0.25) is 0 Å². The summed E-state index contributed by atoms with van der Waals surface area (Å²) in [6.45, 7) is 1.74. The number of nitrogens with zero attached hydrogens (tertiary/aromatic N) is 2. The summed E-state index contributed by atoms with van der Waals surface area (Å²) in [5, 5.41) is 0. The summed E-state index contributed by atoms with van der Waals surface area (Å²) in [6, 6.07) is 6.85. The van der Waals surface area contributed by atoms with Gasteiger partial charge in [0.2, 0.25) is 0 Å². The first kappa shape index (κ1) is 11.9. The lowest BCUT2D eigenvalue weighted by Gasteiger charge is -2.13. The van der Waals surface area contributed by atoms with E-state index in [1.54, 1.807) is 13.0 Å². The molecule has 0 N–H and O–H groups in total. The van der Waals surface area contributed by atoms with Crippen LogP contribution in [0.4, 0.5) is 5.69 Å². The molecule has 1 aliphatic heterocycles. The predicted molar refractivity (Wildman–Crippen MR) is 65.3 cm³/mol. The second-order valence-corrected chi connectivity index (χ2v) is 6.30. The van der Waals surface area contributed by atoms with Gasteiger partial charge in [-0.15, -0.1) is 0 Å². The van der Waals surface area contributed by atoms with Crippen molar-refractivity contribution in [1.29, 1.82) is 0 Å². The summed E-state index contributed by atoms with van der Waals surface area (Å²) in [6.07, 6.45) is 1.09. The van der Waals surface area contributed by atoms with Crippen LogP contribution in [0.1, 0.15) is 18.5 Å². The highest BCUT2D eigenvalue weighted by Crippen LogP contribution is 2.31. The normalized spacial score (nSPS) is 19.8. The first-order valence-corrected chi connectivity index (χ1v) is 7.25. The quantitative estimate of drug-likeness (QED) is 0.752. The number of hydrogen-bond acceptors (Lipinski definition) is 4. The molecule has 1 aliphatic rings. The topological polar surface area (TPSA) is 66.6 Å². The first-order valence-electron chi connectivity index (χ1n) is 5.19. The molecule has 0 radical (unpaired) electrons. The van der Waals surface area contributed by atoms with Gasteiger partial charge in [-0.3, -0.25) is 0 Å². The second kappa shape index (κ2) is 4.03. The summed E-state index contributed by atoms with van der Waals surface area (Å²) >= 11 is 0. The minimum absolute atomic E-state index is 0.0544. The van der Waals surface area contributed by atoms with E-state index in [1.807, 2.05) is 18.2 Å². The molecule has 1 aromatic rings. The van der Waals surface area contributed by atoms with Gasteiger partial charge in [-0.2, -0.15) is 0 Å². The molecule has 1 aromatic carbocycles. The van der Waals surface area contributed by atoms with Gasteiger partial charge >= 0.3 is 5.84 Å². The Labute approximate surface area is 99.7 Å². The molecule has 1 heterocycles. The Morgan fingerprint density at radius 1 is 1.35 bits per heavy atom. The zero-order valence-corrected chi connectivity index (χ0v) is 10.4. The van der Waals surface area contributed by atoms with Gasteiger partial charge < -0.3 is 0 Å². The highest BCUT2D eigenvalue weighted by molar-refractivity contribution is 7.91. The number of aliphatic imine (C=N–C) groups is 1. The molecule has 1 atom stereocenters. The number of nitroso groups, excluding NO2 is 1. The van der Waals surface area contributed by atoms with Crippen molar-refractivity contribution in [2.24, 2.45) is 4.99 Å². The van der Waals surface area contributed by atoms with Crippen molar-refractivity contribution in [2.75, 3.05) is 12.0 Å². The summed E-state index contributed by atoms with van der Waals surface area (Å²) in [7, 11) is -3.26. The van der Waals surface area contributed by atoms with E-state index in [1.165, 1.54) is 0 Å². The number of fused-ring (bicyclic) bond motifs is 1. The van der Waals surface area contributed by atoms with E-state index in [-0.39, 0.29) is 11.6 Å². The van der Waals surface area contributed by atoms with Crippen LogP contribution >= 0.6 is 0 Å². The van der Waals surface area contributed by atoms with Crippen LogP contribution in [-0.2, 0) is 9.84 Å². The zero-order chi connectivity index (χ0) is 12.6. The number of rotatable bonds is 2. The monoisotopic (exact) mass is 253 g/mol. The Morgan fingerprint density at radius 2 is 2.00 bits per heavy atom. The Kier molecular flexibility index (Phi) is 2.82. The molecule has 0 aromatic heterocycles. The number of amidine groups is 1. The van der Waals surface area contributed by atoms with E-state index in [0.29, 0.717) is 10.4 Å². The van der Waals surface area contributed by atoms with Gasteiger partial charge in [0, 0.05) is 6.26 Å². The molecule has 1 unspecified atom stereocenters. The summed E-state index contributed by atoms with van der Waals surface area (Å²) in [5.41, 5.74) is 1.49. The van der Waals surface area contributed by atoms with Crippen LogP contribution in [0.25, 0.3) is 0 Å². The molecule has 2 rings (SSSR count). The van der Waals surface area contributed by atoms with Crippen LogP contribution in [-0.4, -0.2) is 31.0 Å². The van der Waals surface area contributed by atoms with Crippen LogP contribution < -0.4 is 0 Å². The molecule has 0 amide bonds. The molecule has 6 heteroatoms. The van der Waals surface area contributed by atoms with Crippen LogP contribution in [0.5, 0.6) is 0 Å². The minimum Gasteiger partial charge on any atom is -0.228 e. The standard InChI is InChI=1S/C11H13N2O3S/c1-8-9-5-3-4-6-10(9)12-11(13(8)14)7-17(2,15)16/h3-6,8H,7H2,1-2H3/q+1. The third-order valence-electron chi connectivity index (χ3n) is 2.63. The molecular formula is C11H13N2O3S+.